The molecule has 1 heterocycles. The van der Waals surface area contributed by atoms with Crippen molar-refractivity contribution >= 4 is 28.1 Å². The molecule has 0 aliphatic heterocycles. The summed E-state index contributed by atoms with van der Waals surface area (Å²) in [7, 11) is -1.13. The normalized spacial score (nSPS) is 12.2. The zero-order valence-corrected chi connectivity index (χ0v) is 11.0. The molecule has 18 heavy (non-hydrogen) atoms. The van der Waals surface area contributed by atoms with E-state index in [1.54, 1.807) is 30.5 Å². The molecular weight excluding hydrogens is 270 g/mol. The summed E-state index contributed by atoms with van der Waals surface area (Å²) in [5, 5.41) is 11.3. The van der Waals surface area contributed by atoms with E-state index < -0.39 is 16.8 Å². The van der Waals surface area contributed by atoms with Crippen LogP contribution >= 0.6 is 11.3 Å². The third-order valence-electron chi connectivity index (χ3n) is 2.28. The number of aliphatic carboxylic acids is 1. The number of carboxylic acid groups (broad SMARTS) is 1. The molecule has 1 aromatic heterocycles. The molecule has 0 spiro atoms. The number of carbonyl (C=O) groups is 1. The van der Waals surface area contributed by atoms with Gasteiger partial charge in [-0.15, -0.1) is 11.3 Å². The number of rotatable bonds is 5. The first kappa shape index (κ1) is 12.9. The molecular formula is C12H11NO3S2. The van der Waals surface area contributed by atoms with Gasteiger partial charge in [-0.25, -0.2) is 4.98 Å². The van der Waals surface area contributed by atoms with E-state index >= 15 is 0 Å². The van der Waals surface area contributed by atoms with E-state index in [4.69, 9.17) is 5.11 Å². The van der Waals surface area contributed by atoms with Crippen LogP contribution in [0.5, 0.6) is 0 Å². The van der Waals surface area contributed by atoms with Crippen LogP contribution in [0.4, 0.5) is 0 Å². The second-order valence-corrected chi connectivity index (χ2v) is 6.06. The Bertz CT molecular complexity index is 549. The SMILES string of the molecule is O=C(O)Cc1ccc(S(=O)Cc2nccs2)cc1. The number of hydrogen-bond donors (Lipinski definition) is 1. The third kappa shape index (κ3) is 3.48. The first-order valence-electron chi connectivity index (χ1n) is 5.22. The molecule has 4 nitrogen and oxygen atoms in total. The average molecular weight is 281 g/mol. The van der Waals surface area contributed by atoms with E-state index in [1.165, 1.54) is 11.3 Å². The Morgan fingerprint density at radius 3 is 2.61 bits per heavy atom. The molecule has 2 rings (SSSR count). The van der Waals surface area contributed by atoms with Gasteiger partial charge in [-0.2, -0.15) is 0 Å². The highest BCUT2D eigenvalue weighted by molar-refractivity contribution is 7.84. The Balaban J connectivity index is 2.05. The van der Waals surface area contributed by atoms with Crippen LogP contribution in [-0.4, -0.2) is 20.3 Å². The summed E-state index contributed by atoms with van der Waals surface area (Å²) in [6.07, 6.45) is 1.67. The first-order chi connectivity index (χ1) is 8.65. The predicted molar refractivity (Wildman–Crippen MR) is 70.0 cm³/mol. The van der Waals surface area contributed by atoms with Crippen LogP contribution < -0.4 is 0 Å². The Labute approximate surface area is 111 Å². The van der Waals surface area contributed by atoms with Crippen molar-refractivity contribution in [3.63, 3.8) is 0 Å². The van der Waals surface area contributed by atoms with Gasteiger partial charge in [0.2, 0.25) is 0 Å². The van der Waals surface area contributed by atoms with Crippen molar-refractivity contribution in [1.82, 2.24) is 4.98 Å². The Morgan fingerprint density at radius 2 is 2.06 bits per heavy atom. The fourth-order valence-corrected chi connectivity index (χ4v) is 3.35. The minimum absolute atomic E-state index is 0.0145. The molecule has 1 N–H and O–H groups in total. The van der Waals surface area contributed by atoms with Gasteiger partial charge in [-0.3, -0.25) is 9.00 Å². The van der Waals surface area contributed by atoms with Gasteiger partial charge in [0.25, 0.3) is 0 Å². The molecule has 0 bridgehead atoms. The van der Waals surface area contributed by atoms with Gasteiger partial charge in [0.15, 0.2) is 0 Å². The molecule has 0 saturated heterocycles. The summed E-state index contributed by atoms with van der Waals surface area (Å²) < 4.78 is 12.0. The quantitative estimate of drug-likeness (QED) is 0.911. The highest BCUT2D eigenvalue weighted by Gasteiger charge is 2.07. The van der Waals surface area contributed by atoms with Gasteiger partial charge in [-0.1, -0.05) is 12.1 Å². The van der Waals surface area contributed by atoms with Crippen molar-refractivity contribution in [3.8, 4) is 0 Å². The lowest BCUT2D eigenvalue weighted by Crippen LogP contribution is -2.01. The molecule has 0 saturated carbocycles. The molecule has 0 amide bonds. The van der Waals surface area contributed by atoms with Crippen molar-refractivity contribution in [2.24, 2.45) is 0 Å². The summed E-state index contributed by atoms with van der Waals surface area (Å²) in [6, 6.07) is 6.82. The fraction of sp³-hybridized carbons (Fsp3) is 0.167. The maximum atomic E-state index is 12.0. The zero-order chi connectivity index (χ0) is 13.0. The molecule has 0 radical (unpaired) electrons. The van der Waals surface area contributed by atoms with Crippen molar-refractivity contribution in [2.75, 3.05) is 0 Å². The van der Waals surface area contributed by atoms with Crippen LogP contribution in [0.3, 0.4) is 0 Å². The number of benzene rings is 1. The molecule has 94 valence electrons. The van der Waals surface area contributed by atoms with Gasteiger partial charge < -0.3 is 5.11 Å². The van der Waals surface area contributed by atoms with Gasteiger partial charge in [0.1, 0.15) is 5.01 Å². The van der Waals surface area contributed by atoms with Gasteiger partial charge in [0, 0.05) is 16.5 Å². The second kappa shape index (κ2) is 5.88. The van der Waals surface area contributed by atoms with Crippen LogP contribution in [0.2, 0.25) is 0 Å². The molecule has 1 unspecified atom stereocenters. The van der Waals surface area contributed by atoms with E-state index in [9.17, 15) is 9.00 Å². The lowest BCUT2D eigenvalue weighted by atomic mass is 10.2. The van der Waals surface area contributed by atoms with Crippen LogP contribution in [0.25, 0.3) is 0 Å². The van der Waals surface area contributed by atoms with Crippen molar-refractivity contribution in [1.29, 1.82) is 0 Å². The zero-order valence-electron chi connectivity index (χ0n) is 9.41. The minimum Gasteiger partial charge on any atom is -0.481 e. The first-order valence-corrected chi connectivity index (χ1v) is 7.42. The smallest absolute Gasteiger partial charge is 0.307 e. The summed E-state index contributed by atoms with van der Waals surface area (Å²) in [6.45, 7) is 0. The van der Waals surface area contributed by atoms with E-state index in [1.807, 2.05) is 5.38 Å². The number of hydrogen-bond acceptors (Lipinski definition) is 4. The average Bonchev–Trinajstić information content (AvgIpc) is 2.82. The lowest BCUT2D eigenvalue weighted by Gasteiger charge is -2.02. The Morgan fingerprint density at radius 1 is 1.33 bits per heavy atom. The highest BCUT2D eigenvalue weighted by atomic mass is 32.2. The van der Waals surface area contributed by atoms with Crippen LogP contribution in [-0.2, 0) is 27.8 Å². The van der Waals surface area contributed by atoms with E-state index in [0.717, 1.165) is 5.01 Å². The summed E-state index contributed by atoms with van der Waals surface area (Å²) in [5.41, 5.74) is 0.706. The highest BCUT2D eigenvalue weighted by Crippen LogP contribution is 2.15. The van der Waals surface area contributed by atoms with Gasteiger partial charge in [0.05, 0.1) is 23.0 Å². The van der Waals surface area contributed by atoms with Crippen LogP contribution in [0.1, 0.15) is 10.6 Å². The van der Waals surface area contributed by atoms with Crippen LogP contribution in [0.15, 0.2) is 40.7 Å². The number of carboxylic acids is 1. The standard InChI is InChI=1S/C12H11NO3S2/c14-12(15)7-9-1-3-10(4-2-9)18(16)8-11-13-5-6-17-11/h1-6H,7-8H2,(H,14,15). The Kier molecular flexibility index (Phi) is 4.22. The molecule has 0 aliphatic carbocycles. The molecule has 1 aromatic carbocycles. The van der Waals surface area contributed by atoms with Gasteiger partial charge >= 0.3 is 5.97 Å². The minimum atomic E-state index is -1.13. The van der Waals surface area contributed by atoms with E-state index in [0.29, 0.717) is 16.2 Å². The number of aromatic nitrogens is 1. The summed E-state index contributed by atoms with van der Waals surface area (Å²) in [5.74, 6) is -0.470. The predicted octanol–water partition coefficient (Wildman–Crippen LogP) is 2.08. The second-order valence-electron chi connectivity index (χ2n) is 3.63. The lowest BCUT2D eigenvalue weighted by molar-refractivity contribution is -0.136. The maximum Gasteiger partial charge on any atom is 0.307 e. The fourth-order valence-electron chi connectivity index (χ4n) is 1.45. The molecule has 0 aliphatic rings. The largest absolute Gasteiger partial charge is 0.481 e. The Hall–Kier alpha value is -1.53. The molecule has 1 atom stereocenters. The van der Waals surface area contributed by atoms with E-state index in [-0.39, 0.29) is 6.42 Å². The number of nitrogens with zero attached hydrogens (tertiary/aromatic N) is 1. The van der Waals surface area contributed by atoms with E-state index in [2.05, 4.69) is 4.98 Å². The van der Waals surface area contributed by atoms with Crippen molar-refractivity contribution in [2.45, 2.75) is 17.1 Å². The van der Waals surface area contributed by atoms with Crippen molar-refractivity contribution in [3.05, 3.63) is 46.4 Å². The molecule has 6 heteroatoms. The van der Waals surface area contributed by atoms with Crippen molar-refractivity contribution < 1.29 is 14.1 Å². The number of thiazole rings is 1. The summed E-state index contributed by atoms with van der Waals surface area (Å²) in [4.78, 5) is 15.3. The van der Waals surface area contributed by atoms with Gasteiger partial charge in [-0.05, 0) is 17.7 Å². The topological polar surface area (TPSA) is 67.3 Å². The monoisotopic (exact) mass is 281 g/mol. The molecule has 2 aromatic rings. The third-order valence-corrected chi connectivity index (χ3v) is 4.58. The maximum absolute atomic E-state index is 12.0. The van der Waals surface area contributed by atoms with Crippen LogP contribution in [0, 0.1) is 0 Å². The summed E-state index contributed by atoms with van der Waals surface area (Å²) >= 11 is 1.48. The molecule has 0 fully saturated rings.